The molecule has 2 rings (SSSR count). The third kappa shape index (κ3) is 2.23. The van der Waals surface area contributed by atoms with Crippen LogP contribution >= 0.6 is 0 Å². The Hall–Kier alpha value is -0.830. The molecule has 3 heteroatoms. The zero-order valence-electron chi connectivity index (χ0n) is 9.71. The number of hydrogen-bond acceptors (Lipinski definition) is 2. The van der Waals surface area contributed by atoms with E-state index in [9.17, 15) is 0 Å². The fourth-order valence-electron chi connectivity index (χ4n) is 2.17. The molecule has 1 aromatic rings. The van der Waals surface area contributed by atoms with E-state index in [0.29, 0.717) is 5.92 Å². The number of likely N-dealkylation sites (N-methyl/N-ethyl adjacent to an activating group) is 1. The van der Waals surface area contributed by atoms with Crippen molar-refractivity contribution in [3.63, 3.8) is 0 Å². The van der Waals surface area contributed by atoms with Crippen LogP contribution in [0.15, 0.2) is 6.20 Å². The third-order valence-electron chi connectivity index (χ3n) is 3.49. The van der Waals surface area contributed by atoms with Crippen LogP contribution in [-0.4, -0.2) is 23.6 Å². The summed E-state index contributed by atoms with van der Waals surface area (Å²) >= 11 is 0. The Morgan fingerprint density at radius 3 is 2.93 bits per heavy atom. The highest BCUT2D eigenvalue weighted by Gasteiger charge is 2.22. The van der Waals surface area contributed by atoms with E-state index in [1.165, 1.54) is 25.0 Å². The van der Waals surface area contributed by atoms with Gasteiger partial charge in [-0.05, 0) is 26.3 Å². The Morgan fingerprint density at radius 1 is 1.60 bits per heavy atom. The highest BCUT2D eigenvalue weighted by atomic mass is 14.9. The van der Waals surface area contributed by atoms with Gasteiger partial charge in [0.15, 0.2) is 0 Å². The Bertz CT molecular complexity index is 302. The molecule has 1 heterocycles. The predicted molar refractivity (Wildman–Crippen MR) is 62.1 cm³/mol. The van der Waals surface area contributed by atoms with Crippen molar-refractivity contribution in [2.45, 2.75) is 44.4 Å². The molecule has 1 aromatic heterocycles. The Morgan fingerprint density at radius 2 is 2.40 bits per heavy atom. The van der Waals surface area contributed by atoms with Crippen molar-refractivity contribution in [2.75, 3.05) is 13.6 Å². The average Bonchev–Trinajstić information content (AvgIpc) is 2.60. The van der Waals surface area contributed by atoms with Gasteiger partial charge in [0.05, 0.1) is 0 Å². The van der Waals surface area contributed by atoms with Gasteiger partial charge in [0.2, 0.25) is 0 Å². The van der Waals surface area contributed by atoms with Crippen molar-refractivity contribution in [3.05, 3.63) is 17.7 Å². The first-order chi connectivity index (χ1) is 7.35. The fraction of sp³-hybridized carbons (Fsp3) is 0.750. The SMILES string of the molecule is CCC(CNC)c1ncc(C2CCC2)[nH]1. The largest absolute Gasteiger partial charge is 0.345 e. The molecule has 1 unspecified atom stereocenters. The standard InChI is InChI=1S/C12H21N3/c1-3-9(7-13-2)12-14-8-11(15-12)10-5-4-6-10/h8-10,13H,3-7H2,1-2H3,(H,14,15). The van der Waals surface area contributed by atoms with Gasteiger partial charge < -0.3 is 10.3 Å². The number of imidazole rings is 1. The first kappa shape index (κ1) is 10.7. The Kier molecular flexibility index (Phi) is 3.41. The molecule has 0 spiro atoms. The summed E-state index contributed by atoms with van der Waals surface area (Å²) in [4.78, 5) is 8.01. The maximum atomic E-state index is 4.51. The van der Waals surface area contributed by atoms with Gasteiger partial charge >= 0.3 is 0 Å². The van der Waals surface area contributed by atoms with Gasteiger partial charge in [-0.15, -0.1) is 0 Å². The second-order valence-corrected chi connectivity index (χ2v) is 4.51. The van der Waals surface area contributed by atoms with Gasteiger partial charge in [0, 0.05) is 30.3 Å². The van der Waals surface area contributed by atoms with E-state index in [-0.39, 0.29) is 0 Å². The molecule has 1 aliphatic rings. The predicted octanol–water partition coefficient (Wildman–Crippen LogP) is 2.39. The molecule has 15 heavy (non-hydrogen) atoms. The van der Waals surface area contributed by atoms with Crippen LogP contribution in [0.25, 0.3) is 0 Å². The minimum Gasteiger partial charge on any atom is -0.345 e. The van der Waals surface area contributed by atoms with E-state index in [0.717, 1.165) is 24.7 Å². The monoisotopic (exact) mass is 207 g/mol. The van der Waals surface area contributed by atoms with E-state index < -0.39 is 0 Å². The van der Waals surface area contributed by atoms with Crippen molar-refractivity contribution in [1.29, 1.82) is 0 Å². The van der Waals surface area contributed by atoms with Crippen LogP contribution in [0.5, 0.6) is 0 Å². The maximum absolute atomic E-state index is 4.51. The van der Waals surface area contributed by atoms with Gasteiger partial charge in [-0.1, -0.05) is 13.3 Å². The van der Waals surface area contributed by atoms with E-state index in [1.54, 1.807) is 0 Å². The molecular weight excluding hydrogens is 186 g/mol. The minimum atomic E-state index is 0.531. The number of aromatic amines is 1. The summed E-state index contributed by atoms with van der Waals surface area (Å²) < 4.78 is 0. The van der Waals surface area contributed by atoms with Crippen molar-refractivity contribution >= 4 is 0 Å². The highest BCUT2D eigenvalue weighted by Crippen LogP contribution is 2.35. The lowest BCUT2D eigenvalue weighted by Crippen LogP contribution is -2.18. The van der Waals surface area contributed by atoms with Crippen LogP contribution in [0.2, 0.25) is 0 Å². The zero-order valence-corrected chi connectivity index (χ0v) is 9.71. The summed E-state index contributed by atoms with van der Waals surface area (Å²) in [5, 5.41) is 3.22. The molecule has 84 valence electrons. The van der Waals surface area contributed by atoms with Crippen molar-refractivity contribution in [2.24, 2.45) is 0 Å². The van der Waals surface area contributed by atoms with Crippen LogP contribution in [0, 0.1) is 0 Å². The van der Waals surface area contributed by atoms with E-state index in [1.807, 2.05) is 13.2 Å². The lowest BCUT2D eigenvalue weighted by molar-refractivity contribution is 0.411. The second-order valence-electron chi connectivity index (χ2n) is 4.51. The Labute approximate surface area is 91.7 Å². The van der Waals surface area contributed by atoms with Crippen molar-refractivity contribution in [1.82, 2.24) is 15.3 Å². The molecule has 1 atom stereocenters. The molecule has 0 aromatic carbocycles. The molecule has 0 bridgehead atoms. The number of aromatic nitrogens is 2. The second kappa shape index (κ2) is 4.79. The fourth-order valence-corrected chi connectivity index (χ4v) is 2.17. The molecule has 0 amide bonds. The normalized spacial score (nSPS) is 18.8. The number of rotatable bonds is 5. The molecular formula is C12H21N3. The van der Waals surface area contributed by atoms with Gasteiger partial charge in [-0.25, -0.2) is 4.98 Å². The topological polar surface area (TPSA) is 40.7 Å². The van der Waals surface area contributed by atoms with Gasteiger partial charge in [-0.2, -0.15) is 0 Å². The average molecular weight is 207 g/mol. The smallest absolute Gasteiger partial charge is 0.110 e. The molecule has 1 aliphatic carbocycles. The molecule has 1 saturated carbocycles. The maximum Gasteiger partial charge on any atom is 0.110 e. The summed E-state index contributed by atoms with van der Waals surface area (Å²) in [5.74, 6) is 2.45. The lowest BCUT2D eigenvalue weighted by Gasteiger charge is -2.23. The van der Waals surface area contributed by atoms with Crippen LogP contribution in [0.4, 0.5) is 0 Å². The number of hydrogen-bond donors (Lipinski definition) is 2. The first-order valence-electron chi connectivity index (χ1n) is 6.04. The molecule has 0 radical (unpaired) electrons. The summed E-state index contributed by atoms with van der Waals surface area (Å²) in [7, 11) is 2.00. The highest BCUT2D eigenvalue weighted by molar-refractivity contribution is 5.12. The number of nitrogens with zero attached hydrogens (tertiary/aromatic N) is 1. The molecule has 3 nitrogen and oxygen atoms in total. The summed E-state index contributed by atoms with van der Waals surface area (Å²) in [6, 6.07) is 0. The van der Waals surface area contributed by atoms with Gasteiger partial charge in [0.1, 0.15) is 5.82 Å². The lowest BCUT2D eigenvalue weighted by atomic mass is 9.83. The number of nitrogens with one attached hydrogen (secondary N) is 2. The van der Waals surface area contributed by atoms with Gasteiger partial charge in [-0.3, -0.25) is 0 Å². The molecule has 0 saturated heterocycles. The first-order valence-corrected chi connectivity index (χ1v) is 6.04. The quantitative estimate of drug-likeness (QED) is 0.778. The van der Waals surface area contributed by atoms with Crippen LogP contribution in [0.1, 0.15) is 56.0 Å². The zero-order chi connectivity index (χ0) is 10.7. The number of H-pyrrole nitrogens is 1. The van der Waals surface area contributed by atoms with Crippen molar-refractivity contribution < 1.29 is 0 Å². The minimum absolute atomic E-state index is 0.531. The molecule has 0 aliphatic heterocycles. The van der Waals surface area contributed by atoms with Gasteiger partial charge in [0.25, 0.3) is 0 Å². The van der Waals surface area contributed by atoms with Crippen LogP contribution in [0.3, 0.4) is 0 Å². The van der Waals surface area contributed by atoms with Crippen molar-refractivity contribution in [3.8, 4) is 0 Å². The third-order valence-corrected chi connectivity index (χ3v) is 3.49. The molecule has 2 N–H and O–H groups in total. The molecule has 1 fully saturated rings. The van der Waals surface area contributed by atoms with Crippen LogP contribution in [-0.2, 0) is 0 Å². The summed E-state index contributed by atoms with van der Waals surface area (Å²) in [5.41, 5.74) is 1.35. The van der Waals surface area contributed by atoms with E-state index >= 15 is 0 Å². The summed E-state index contributed by atoms with van der Waals surface area (Å²) in [6.45, 7) is 3.22. The Balaban J connectivity index is 2.03. The summed E-state index contributed by atoms with van der Waals surface area (Å²) in [6.07, 6.45) is 7.23. The van der Waals surface area contributed by atoms with Crippen LogP contribution < -0.4 is 5.32 Å². The van der Waals surface area contributed by atoms with E-state index in [4.69, 9.17) is 0 Å². The van der Waals surface area contributed by atoms with E-state index in [2.05, 4.69) is 22.2 Å².